The maximum atomic E-state index is 12.6. The number of carbonyl (C=O) groups is 2. The Kier molecular flexibility index (Phi) is 6.71. The SMILES string of the molecule is O=C(/C=C/c1ccc(OC(F)F)cc1OC(F)F)c1cccc(N2CCCC2=O)c1. The predicted octanol–water partition coefficient (Wildman–Crippen LogP) is 4.91. The lowest BCUT2D eigenvalue weighted by atomic mass is 10.1. The number of ether oxygens (including phenoxy) is 2. The first-order valence-electron chi connectivity index (χ1n) is 9.00. The molecule has 0 saturated carbocycles. The third-order valence-electron chi connectivity index (χ3n) is 4.36. The summed E-state index contributed by atoms with van der Waals surface area (Å²) in [7, 11) is 0. The summed E-state index contributed by atoms with van der Waals surface area (Å²) in [6.07, 6.45) is 3.58. The van der Waals surface area contributed by atoms with Crippen molar-refractivity contribution in [3.05, 3.63) is 59.7 Å². The summed E-state index contributed by atoms with van der Waals surface area (Å²) < 4.78 is 58.5. The second-order valence-corrected chi connectivity index (χ2v) is 6.35. The van der Waals surface area contributed by atoms with Gasteiger partial charge in [-0.05, 0) is 42.8 Å². The number of ketones is 1. The van der Waals surface area contributed by atoms with Crippen molar-refractivity contribution in [3.8, 4) is 11.5 Å². The van der Waals surface area contributed by atoms with Crippen LogP contribution in [0.1, 0.15) is 28.8 Å². The third-order valence-corrected chi connectivity index (χ3v) is 4.36. The van der Waals surface area contributed by atoms with Gasteiger partial charge < -0.3 is 14.4 Å². The lowest BCUT2D eigenvalue weighted by Crippen LogP contribution is -2.23. The highest BCUT2D eigenvalue weighted by Crippen LogP contribution is 2.29. The van der Waals surface area contributed by atoms with Crippen LogP contribution in [0.3, 0.4) is 0 Å². The van der Waals surface area contributed by atoms with E-state index in [9.17, 15) is 27.2 Å². The van der Waals surface area contributed by atoms with Crippen molar-refractivity contribution in [1.29, 1.82) is 0 Å². The van der Waals surface area contributed by atoms with Gasteiger partial charge in [0.2, 0.25) is 5.91 Å². The summed E-state index contributed by atoms with van der Waals surface area (Å²) in [5, 5.41) is 0. The van der Waals surface area contributed by atoms with Crippen molar-refractivity contribution in [1.82, 2.24) is 0 Å². The van der Waals surface area contributed by atoms with E-state index in [1.54, 1.807) is 29.2 Å². The van der Waals surface area contributed by atoms with Gasteiger partial charge in [-0.25, -0.2) is 0 Å². The van der Waals surface area contributed by atoms with E-state index in [4.69, 9.17) is 0 Å². The lowest BCUT2D eigenvalue weighted by molar-refractivity contribution is -0.117. The maximum absolute atomic E-state index is 12.6. The van der Waals surface area contributed by atoms with E-state index in [1.807, 2.05) is 0 Å². The number of carbonyl (C=O) groups excluding carboxylic acids is 2. The average molecular weight is 423 g/mol. The van der Waals surface area contributed by atoms with Gasteiger partial charge in [0, 0.05) is 35.8 Å². The highest BCUT2D eigenvalue weighted by Gasteiger charge is 2.22. The van der Waals surface area contributed by atoms with Crippen LogP contribution >= 0.6 is 0 Å². The molecule has 0 bridgehead atoms. The number of halogens is 4. The van der Waals surface area contributed by atoms with E-state index in [2.05, 4.69) is 9.47 Å². The van der Waals surface area contributed by atoms with Gasteiger partial charge in [0.05, 0.1) is 0 Å². The van der Waals surface area contributed by atoms with E-state index >= 15 is 0 Å². The van der Waals surface area contributed by atoms with E-state index in [0.717, 1.165) is 24.6 Å². The molecule has 1 heterocycles. The molecule has 0 radical (unpaired) electrons. The molecule has 9 heteroatoms. The Bertz CT molecular complexity index is 962. The number of alkyl halides is 4. The Balaban J connectivity index is 1.81. The molecule has 1 aliphatic heterocycles. The molecule has 0 atom stereocenters. The molecule has 158 valence electrons. The second-order valence-electron chi connectivity index (χ2n) is 6.35. The smallest absolute Gasteiger partial charge is 0.387 e. The minimum Gasteiger partial charge on any atom is -0.435 e. The zero-order valence-electron chi connectivity index (χ0n) is 15.6. The standard InChI is InChI=1S/C21H17F4NO4/c22-20(23)29-16-8-6-13(18(12-16)30-21(24)25)7-9-17(27)14-3-1-4-15(11-14)26-10-2-5-19(26)28/h1,3-4,6-9,11-12,20-21H,2,5,10H2/b9-7+. The molecule has 1 amide bonds. The van der Waals surface area contributed by atoms with Crippen molar-refractivity contribution >= 4 is 23.5 Å². The van der Waals surface area contributed by atoms with Crippen LogP contribution in [0.4, 0.5) is 23.2 Å². The quantitative estimate of drug-likeness (QED) is 0.344. The summed E-state index contributed by atoms with van der Waals surface area (Å²) >= 11 is 0. The van der Waals surface area contributed by atoms with Gasteiger partial charge in [-0.1, -0.05) is 12.1 Å². The number of allylic oxidation sites excluding steroid dienone is 1. The van der Waals surface area contributed by atoms with E-state index in [-0.39, 0.29) is 17.2 Å². The molecule has 1 fully saturated rings. The monoisotopic (exact) mass is 423 g/mol. The van der Waals surface area contributed by atoms with Gasteiger partial charge in [-0.15, -0.1) is 0 Å². The zero-order chi connectivity index (χ0) is 21.7. The fourth-order valence-corrected chi connectivity index (χ4v) is 3.04. The summed E-state index contributed by atoms with van der Waals surface area (Å²) in [5.74, 6) is -1.22. The largest absolute Gasteiger partial charge is 0.435 e. The number of hydrogen-bond donors (Lipinski definition) is 0. The van der Waals surface area contributed by atoms with Gasteiger partial charge in [0.25, 0.3) is 0 Å². The summed E-state index contributed by atoms with van der Waals surface area (Å²) in [6, 6.07) is 9.76. The van der Waals surface area contributed by atoms with Gasteiger partial charge >= 0.3 is 13.2 Å². The van der Waals surface area contributed by atoms with Gasteiger partial charge in [0.1, 0.15) is 11.5 Å². The highest BCUT2D eigenvalue weighted by molar-refractivity contribution is 6.08. The topological polar surface area (TPSA) is 55.8 Å². The molecular weight excluding hydrogens is 406 g/mol. The molecule has 0 aromatic heterocycles. The lowest BCUT2D eigenvalue weighted by Gasteiger charge is -2.16. The second kappa shape index (κ2) is 9.43. The fraction of sp³-hybridized carbons (Fsp3) is 0.238. The van der Waals surface area contributed by atoms with E-state index < -0.39 is 24.8 Å². The molecule has 0 spiro atoms. The van der Waals surface area contributed by atoms with Crippen LogP contribution in [0.15, 0.2) is 48.5 Å². The first-order valence-corrected chi connectivity index (χ1v) is 9.00. The minimum absolute atomic E-state index is 0.0185. The zero-order valence-corrected chi connectivity index (χ0v) is 15.6. The van der Waals surface area contributed by atoms with Crippen molar-refractivity contribution < 1.29 is 36.6 Å². The molecule has 0 unspecified atom stereocenters. The summed E-state index contributed by atoms with van der Waals surface area (Å²) in [4.78, 5) is 26.0. The van der Waals surface area contributed by atoms with Crippen molar-refractivity contribution in [2.45, 2.75) is 26.1 Å². The van der Waals surface area contributed by atoms with Crippen LogP contribution in [-0.4, -0.2) is 31.5 Å². The number of amides is 1. The average Bonchev–Trinajstić information content (AvgIpc) is 3.12. The molecule has 0 aliphatic carbocycles. The predicted molar refractivity (Wildman–Crippen MR) is 101 cm³/mol. The van der Waals surface area contributed by atoms with Crippen LogP contribution in [0.5, 0.6) is 11.5 Å². The molecular formula is C21H17F4NO4. The van der Waals surface area contributed by atoms with Crippen molar-refractivity contribution in [3.63, 3.8) is 0 Å². The summed E-state index contributed by atoms with van der Waals surface area (Å²) in [5.41, 5.74) is 0.987. The Hall–Kier alpha value is -3.36. The van der Waals surface area contributed by atoms with E-state index in [1.165, 1.54) is 12.1 Å². The molecule has 1 aliphatic rings. The molecule has 2 aromatic rings. The van der Waals surface area contributed by atoms with Crippen LogP contribution in [0, 0.1) is 0 Å². The van der Waals surface area contributed by atoms with Crippen molar-refractivity contribution in [2.24, 2.45) is 0 Å². The highest BCUT2D eigenvalue weighted by atomic mass is 19.3. The normalized spacial score (nSPS) is 14.2. The van der Waals surface area contributed by atoms with Crippen molar-refractivity contribution in [2.75, 3.05) is 11.4 Å². The molecule has 2 aromatic carbocycles. The fourth-order valence-electron chi connectivity index (χ4n) is 3.04. The number of benzene rings is 2. The van der Waals surface area contributed by atoms with Crippen LogP contribution < -0.4 is 14.4 Å². The van der Waals surface area contributed by atoms with Gasteiger partial charge in [-0.2, -0.15) is 17.6 Å². The van der Waals surface area contributed by atoms with E-state index in [0.29, 0.717) is 24.2 Å². The van der Waals surface area contributed by atoms with Crippen LogP contribution in [-0.2, 0) is 4.79 Å². The van der Waals surface area contributed by atoms with Gasteiger partial charge in [0.15, 0.2) is 5.78 Å². The van der Waals surface area contributed by atoms with Crippen LogP contribution in [0.25, 0.3) is 6.08 Å². The van der Waals surface area contributed by atoms with Crippen LogP contribution in [0.2, 0.25) is 0 Å². The first-order chi connectivity index (χ1) is 14.3. The number of nitrogens with zero attached hydrogens (tertiary/aromatic N) is 1. The molecule has 0 N–H and O–H groups in total. The minimum atomic E-state index is -3.19. The number of anilines is 1. The molecule has 5 nitrogen and oxygen atoms in total. The first kappa shape index (κ1) is 21.4. The summed E-state index contributed by atoms with van der Waals surface area (Å²) in [6.45, 7) is -5.74. The molecule has 1 saturated heterocycles. The molecule has 3 rings (SSSR count). The Labute approximate surface area is 169 Å². The maximum Gasteiger partial charge on any atom is 0.387 e. The van der Waals surface area contributed by atoms with Gasteiger partial charge in [-0.3, -0.25) is 9.59 Å². The Morgan fingerprint density at radius 2 is 1.80 bits per heavy atom. The number of rotatable bonds is 8. The molecule has 30 heavy (non-hydrogen) atoms. The third kappa shape index (κ3) is 5.37. The Morgan fingerprint density at radius 1 is 1.03 bits per heavy atom. The Morgan fingerprint density at radius 3 is 2.47 bits per heavy atom. The number of hydrogen-bond acceptors (Lipinski definition) is 4.